The number of aryl methyl sites for hydroxylation is 1. The summed E-state index contributed by atoms with van der Waals surface area (Å²) in [4.78, 5) is 21.2. The van der Waals surface area contributed by atoms with Crippen LogP contribution < -0.4 is 5.32 Å². The molecular formula is C16H26N4O. The third kappa shape index (κ3) is 3.73. The number of hydrogen-bond acceptors (Lipinski definition) is 4. The third-order valence-corrected chi connectivity index (χ3v) is 4.19. The molecule has 0 aliphatic carbocycles. The van der Waals surface area contributed by atoms with Crippen LogP contribution in [0.1, 0.15) is 35.8 Å². The summed E-state index contributed by atoms with van der Waals surface area (Å²) in [7, 11) is 3.71. The molecule has 1 fully saturated rings. The van der Waals surface area contributed by atoms with Gasteiger partial charge < -0.3 is 10.2 Å². The number of anilines is 1. The molecule has 0 radical (unpaired) electrons. The lowest BCUT2D eigenvalue weighted by molar-refractivity contribution is 0.0754. The van der Waals surface area contributed by atoms with Gasteiger partial charge in [0.1, 0.15) is 5.82 Å². The highest BCUT2D eigenvalue weighted by molar-refractivity contribution is 5.94. The molecule has 0 saturated carbocycles. The van der Waals surface area contributed by atoms with E-state index in [4.69, 9.17) is 0 Å². The fourth-order valence-corrected chi connectivity index (χ4v) is 3.06. The quantitative estimate of drug-likeness (QED) is 0.901. The average molecular weight is 290 g/mol. The first-order valence-electron chi connectivity index (χ1n) is 7.71. The number of nitrogens with one attached hydrogen (secondary N) is 1. The fourth-order valence-electron chi connectivity index (χ4n) is 3.06. The fraction of sp³-hybridized carbons (Fsp3) is 0.625. The molecule has 116 valence electrons. The van der Waals surface area contributed by atoms with Crippen molar-refractivity contribution >= 4 is 11.7 Å². The van der Waals surface area contributed by atoms with E-state index in [1.54, 1.807) is 0 Å². The maximum absolute atomic E-state index is 12.6. The highest BCUT2D eigenvalue weighted by Crippen LogP contribution is 2.18. The van der Waals surface area contributed by atoms with E-state index < -0.39 is 0 Å². The van der Waals surface area contributed by atoms with Crippen LogP contribution in [0.15, 0.2) is 12.1 Å². The highest BCUT2D eigenvalue weighted by Gasteiger charge is 2.26. The monoisotopic (exact) mass is 290 g/mol. The smallest absolute Gasteiger partial charge is 0.253 e. The molecule has 1 aliphatic rings. The minimum absolute atomic E-state index is 0.0694. The van der Waals surface area contributed by atoms with Gasteiger partial charge in [-0.05, 0) is 45.0 Å². The molecule has 5 nitrogen and oxygen atoms in total. The predicted molar refractivity (Wildman–Crippen MR) is 85.8 cm³/mol. The van der Waals surface area contributed by atoms with Gasteiger partial charge in [0.15, 0.2) is 0 Å². The molecule has 1 N–H and O–H groups in total. The van der Waals surface area contributed by atoms with Crippen LogP contribution >= 0.6 is 0 Å². The van der Waals surface area contributed by atoms with Gasteiger partial charge in [-0.15, -0.1) is 0 Å². The molecule has 1 aromatic rings. The van der Waals surface area contributed by atoms with Gasteiger partial charge >= 0.3 is 0 Å². The number of carbonyl (C=O) groups is 1. The molecule has 21 heavy (non-hydrogen) atoms. The maximum Gasteiger partial charge on any atom is 0.253 e. The summed E-state index contributed by atoms with van der Waals surface area (Å²) >= 11 is 0. The lowest BCUT2D eigenvalue weighted by Gasteiger charge is -2.28. The first-order valence-corrected chi connectivity index (χ1v) is 7.71. The molecule has 1 amide bonds. The lowest BCUT2D eigenvalue weighted by Crippen LogP contribution is -2.41. The minimum atomic E-state index is 0.0694. The van der Waals surface area contributed by atoms with E-state index in [9.17, 15) is 4.79 Å². The van der Waals surface area contributed by atoms with Crippen molar-refractivity contribution < 1.29 is 4.79 Å². The van der Waals surface area contributed by atoms with E-state index in [0.29, 0.717) is 11.6 Å². The Balaban J connectivity index is 2.07. The number of rotatable bonds is 5. The summed E-state index contributed by atoms with van der Waals surface area (Å²) in [5.41, 5.74) is 1.56. The number of amides is 1. The van der Waals surface area contributed by atoms with Crippen LogP contribution in [0.25, 0.3) is 0 Å². The third-order valence-electron chi connectivity index (χ3n) is 4.19. The molecule has 0 aromatic carbocycles. The lowest BCUT2D eigenvalue weighted by atomic mass is 10.1. The van der Waals surface area contributed by atoms with Gasteiger partial charge in [0.2, 0.25) is 0 Å². The zero-order valence-electron chi connectivity index (χ0n) is 13.5. The second-order valence-electron chi connectivity index (χ2n) is 5.74. The van der Waals surface area contributed by atoms with Crippen molar-refractivity contribution in [1.29, 1.82) is 0 Å². The molecule has 0 bridgehead atoms. The van der Waals surface area contributed by atoms with Crippen LogP contribution in [0.5, 0.6) is 0 Å². The van der Waals surface area contributed by atoms with Crippen LogP contribution in [0, 0.1) is 6.92 Å². The molecule has 2 rings (SSSR count). The van der Waals surface area contributed by atoms with Gasteiger partial charge in [0.25, 0.3) is 5.91 Å². The van der Waals surface area contributed by atoms with E-state index in [2.05, 4.69) is 22.1 Å². The molecule has 2 heterocycles. The standard InChI is InChI=1S/C16H26N4O/c1-5-20-8-6-7-14(20)11-19(4)16(21)13-9-12(2)18-15(10-13)17-3/h9-10,14H,5-8,11H2,1-4H3,(H,17,18). The first-order chi connectivity index (χ1) is 10.0. The molecular weight excluding hydrogens is 264 g/mol. The Morgan fingerprint density at radius 3 is 2.95 bits per heavy atom. The molecule has 1 aromatic heterocycles. The predicted octanol–water partition coefficient (Wildman–Crippen LogP) is 1.99. The van der Waals surface area contributed by atoms with E-state index >= 15 is 0 Å². The number of likely N-dealkylation sites (N-methyl/N-ethyl adjacent to an activating group) is 2. The molecule has 1 saturated heterocycles. The summed E-state index contributed by atoms with van der Waals surface area (Å²) in [5.74, 6) is 0.808. The Hall–Kier alpha value is -1.62. The van der Waals surface area contributed by atoms with Gasteiger partial charge in [-0.25, -0.2) is 4.98 Å². The van der Waals surface area contributed by atoms with Crippen LogP contribution in [0.2, 0.25) is 0 Å². The summed E-state index contributed by atoms with van der Waals surface area (Å²) in [6.45, 7) is 7.11. The number of pyridine rings is 1. The van der Waals surface area contributed by atoms with Crippen LogP contribution in [0.3, 0.4) is 0 Å². The summed E-state index contributed by atoms with van der Waals surface area (Å²) in [6.07, 6.45) is 2.42. The average Bonchev–Trinajstić information content (AvgIpc) is 2.92. The second-order valence-corrected chi connectivity index (χ2v) is 5.74. The minimum Gasteiger partial charge on any atom is -0.373 e. The van der Waals surface area contributed by atoms with Crippen molar-refractivity contribution in [3.63, 3.8) is 0 Å². The van der Waals surface area contributed by atoms with Crippen molar-refractivity contribution in [1.82, 2.24) is 14.8 Å². The molecule has 1 atom stereocenters. The van der Waals surface area contributed by atoms with Gasteiger partial charge in [-0.2, -0.15) is 0 Å². The number of nitrogens with zero attached hydrogens (tertiary/aromatic N) is 3. The highest BCUT2D eigenvalue weighted by atomic mass is 16.2. The SMILES string of the molecule is CCN1CCCC1CN(C)C(=O)c1cc(C)nc(NC)c1. The molecule has 1 aliphatic heterocycles. The van der Waals surface area contributed by atoms with E-state index in [1.165, 1.54) is 12.8 Å². The Labute approximate surface area is 127 Å². The second kappa shape index (κ2) is 6.89. The Morgan fingerprint density at radius 1 is 1.52 bits per heavy atom. The van der Waals surface area contributed by atoms with Gasteiger partial charge in [-0.3, -0.25) is 9.69 Å². The van der Waals surface area contributed by atoms with E-state index in [-0.39, 0.29) is 5.91 Å². The van der Waals surface area contributed by atoms with Crippen molar-refractivity contribution in [2.45, 2.75) is 32.7 Å². The van der Waals surface area contributed by atoms with Crippen molar-refractivity contribution in [3.05, 3.63) is 23.4 Å². The number of hydrogen-bond donors (Lipinski definition) is 1. The number of aromatic nitrogens is 1. The topological polar surface area (TPSA) is 48.5 Å². The summed E-state index contributed by atoms with van der Waals surface area (Å²) in [5, 5.41) is 3.00. The maximum atomic E-state index is 12.6. The zero-order valence-corrected chi connectivity index (χ0v) is 13.5. The normalized spacial score (nSPS) is 18.8. The van der Waals surface area contributed by atoms with Crippen molar-refractivity contribution in [3.8, 4) is 0 Å². The van der Waals surface area contributed by atoms with E-state index in [0.717, 1.165) is 31.1 Å². The molecule has 5 heteroatoms. The van der Waals surface area contributed by atoms with Gasteiger partial charge in [0, 0.05) is 37.9 Å². The Bertz CT molecular complexity index is 503. The molecule has 0 spiro atoms. The van der Waals surface area contributed by atoms with Crippen LogP contribution in [0.4, 0.5) is 5.82 Å². The van der Waals surface area contributed by atoms with Crippen LogP contribution in [-0.4, -0.2) is 60.5 Å². The van der Waals surface area contributed by atoms with Crippen molar-refractivity contribution in [2.75, 3.05) is 39.0 Å². The zero-order chi connectivity index (χ0) is 15.4. The van der Waals surface area contributed by atoms with Gasteiger partial charge in [-0.1, -0.05) is 6.92 Å². The summed E-state index contributed by atoms with van der Waals surface area (Å²) < 4.78 is 0. The number of carbonyl (C=O) groups excluding carboxylic acids is 1. The largest absolute Gasteiger partial charge is 0.373 e. The van der Waals surface area contributed by atoms with Crippen molar-refractivity contribution in [2.24, 2.45) is 0 Å². The van der Waals surface area contributed by atoms with E-state index in [1.807, 2.05) is 38.1 Å². The first kappa shape index (κ1) is 15.8. The summed E-state index contributed by atoms with van der Waals surface area (Å²) in [6, 6.07) is 4.17. The Morgan fingerprint density at radius 2 is 2.29 bits per heavy atom. The Kier molecular flexibility index (Phi) is 5.17. The van der Waals surface area contributed by atoms with Crippen LogP contribution in [-0.2, 0) is 0 Å². The van der Waals surface area contributed by atoms with Gasteiger partial charge in [0.05, 0.1) is 0 Å². The number of likely N-dealkylation sites (tertiary alicyclic amines) is 1. The molecule has 1 unspecified atom stereocenters.